The van der Waals surface area contributed by atoms with Gasteiger partial charge >= 0.3 is 17.9 Å². The molecule has 0 heterocycles. The Bertz CT molecular complexity index is 1710. The number of ether oxygens (including phenoxy) is 3. The van der Waals surface area contributed by atoms with Gasteiger partial charge in [-0.1, -0.05) is 276 Å². The average Bonchev–Trinajstić information content (AvgIpc) is 3.44. The van der Waals surface area contributed by atoms with E-state index in [1.807, 2.05) is 0 Å². The maximum atomic E-state index is 12.9. The zero-order valence-electron chi connectivity index (χ0n) is 50.4. The topological polar surface area (TPSA) is 78.9 Å². The first kappa shape index (κ1) is 73.3. The number of unbranched alkanes of at least 4 members (excludes halogenated alkanes) is 21. The minimum Gasteiger partial charge on any atom is -0.462 e. The molecule has 0 aliphatic rings. The van der Waals surface area contributed by atoms with Crippen LogP contribution >= 0.6 is 0 Å². The van der Waals surface area contributed by atoms with E-state index in [1.165, 1.54) is 96.3 Å². The van der Waals surface area contributed by atoms with Crippen molar-refractivity contribution in [2.24, 2.45) is 0 Å². The summed E-state index contributed by atoms with van der Waals surface area (Å²) in [6.07, 6.45) is 92.8. The van der Waals surface area contributed by atoms with Gasteiger partial charge in [-0.2, -0.15) is 0 Å². The number of hydrogen-bond donors (Lipinski definition) is 0. The Hall–Kier alpha value is -4.71. The predicted molar refractivity (Wildman–Crippen MR) is 339 cm³/mol. The molecule has 0 saturated heterocycles. The number of carbonyl (C=O) groups excluding carboxylic acids is 3. The van der Waals surface area contributed by atoms with E-state index < -0.39 is 6.10 Å². The lowest BCUT2D eigenvalue weighted by molar-refractivity contribution is -0.167. The van der Waals surface area contributed by atoms with Gasteiger partial charge in [-0.05, 0) is 122 Å². The van der Waals surface area contributed by atoms with Crippen LogP contribution in [0.15, 0.2) is 146 Å². The van der Waals surface area contributed by atoms with Gasteiger partial charge in [-0.15, -0.1) is 0 Å². The molecule has 0 aromatic heterocycles. The fourth-order valence-corrected chi connectivity index (χ4v) is 8.39. The molecule has 78 heavy (non-hydrogen) atoms. The zero-order chi connectivity index (χ0) is 56.4. The summed E-state index contributed by atoms with van der Waals surface area (Å²) in [7, 11) is 0. The first-order chi connectivity index (χ1) is 38.5. The van der Waals surface area contributed by atoms with Gasteiger partial charge in [0.15, 0.2) is 6.10 Å². The summed E-state index contributed by atoms with van der Waals surface area (Å²) >= 11 is 0. The normalized spacial score (nSPS) is 13.1. The van der Waals surface area contributed by atoms with Gasteiger partial charge in [0.05, 0.1) is 0 Å². The van der Waals surface area contributed by atoms with Gasteiger partial charge in [0, 0.05) is 19.3 Å². The molecule has 0 spiro atoms. The van der Waals surface area contributed by atoms with E-state index in [4.69, 9.17) is 14.2 Å². The molecule has 0 bridgehead atoms. The van der Waals surface area contributed by atoms with Crippen LogP contribution in [0.3, 0.4) is 0 Å². The molecule has 0 radical (unpaired) electrons. The Balaban J connectivity index is 4.49. The van der Waals surface area contributed by atoms with Gasteiger partial charge in [0.2, 0.25) is 0 Å². The van der Waals surface area contributed by atoms with Gasteiger partial charge in [0.25, 0.3) is 0 Å². The van der Waals surface area contributed by atoms with Gasteiger partial charge < -0.3 is 14.2 Å². The van der Waals surface area contributed by atoms with Gasteiger partial charge in [-0.3, -0.25) is 14.4 Å². The molecule has 0 saturated carbocycles. The minimum absolute atomic E-state index is 0.117. The molecule has 6 heteroatoms. The molecular weight excluding hydrogens is 961 g/mol. The number of esters is 3. The van der Waals surface area contributed by atoms with E-state index in [9.17, 15) is 14.4 Å². The van der Waals surface area contributed by atoms with E-state index in [2.05, 4.69) is 167 Å². The second-order valence-corrected chi connectivity index (χ2v) is 20.6. The van der Waals surface area contributed by atoms with E-state index in [0.717, 1.165) is 122 Å². The summed E-state index contributed by atoms with van der Waals surface area (Å²) in [5, 5.41) is 0. The van der Waals surface area contributed by atoms with Crippen LogP contribution in [0.2, 0.25) is 0 Å². The van der Waals surface area contributed by atoms with Crippen molar-refractivity contribution in [2.75, 3.05) is 13.2 Å². The molecule has 6 nitrogen and oxygen atoms in total. The number of carbonyl (C=O) groups is 3. The Labute approximate surface area is 480 Å². The minimum atomic E-state index is -0.819. The van der Waals surface area contributed by atoms with Crippen molar-refractivity contribution < 1.29 is 28.6 Å². The van der Waals surface area contributed by atoms with E-state index in [0.29, 0.717) is 32.1 Å². The highest BCUT2D eigenvalue weighted by Crippen LogP contribution is 2.16. The molecular formula is C72H116O6. The lowest BCUT2D eigenvalue weighted by Gasteiger charge is -2.18. The fourth-order valence-electron chi connectivity index (χ4n) is 8.39. The molecule has 0 aromatic carbocycles. The third-order valence-corrected chi connectivity index (χ3v) is 13.1. The molecule has 0 aliphatic carbocycles. The Kier molecular flexibility index (Phi) is 60.9. The van der Waals surface area contributed by atoms with Crippen LogP contribution in [-0.4, -0.2) is 37.2 Å². The third-order valence-electron chi connectivity index (χ3n) is 13.1. The van der Waals surface area contributed by atoms with Crippen LogP contribution in [0.4, 0.5) is 0 Å². The molecule has 0 rings (SSSR count). The van der Waals surface area contributed by atoms with Crippen molar-refractivity contribution in [1.29, 1.82) is 0 Å². The Morgan fingerprint density at radius 3 is 0.782 bits per heavy atom. The van der Waals surface area contributed by atoms with Crippen molar-refractivity contribution >= 4 is 17.9 Å². The van der Waals surface area contributed by atoms with Crippen LogP contribution in [0.1, 0.15) is 271 Å². The fraction of sp³-hybridized carbons (Fsp3) is 0.625. The van der Waals surface area contributed by atoms with Crippen LogP contribution < -0.4 is 0 Å². The summed E-state index contributed by atoms with van der Waals surface area (Å²) in [5.41, 5.74) is 0. The summed E-state index contributed by atoms with van der Waals surface area (Å²) < 4.78 is 16.8. The van der Waals surface area contributed by atoms with Crippen molar-refractivity contribution in [1.82, 2.24) is 0 Å². The standard InChI is InChI=1S/C72H116O6/c1-4-7-10-13-16-19-22-25-28-30-32-33-34-35-36-37-38-39-40-42-44-47-50-53-56-59-62-65-71(74)77-68-69(67-76-70(73)64-61-58-55-52-49-46-43-27-24-21-18-15-12-9-6-3)78-72(75)66-63-60-57-54-51-48-45-41-31-29-26-23-20-17-14-11-8-5-2/h7,9-10,12,16,18-19,21,25,27-28,32-33,35-36,38-39,42-44,49-50,52-53,69H,4-6,8,11,13-15,17,20,22-24,26,29-31,34,37,40-41,45-48,51,54-68H2,1-3H3/b10-7-,12-9-,19-16-,21-18-,28-25-,33-32-,36-35-,39-38-,43-27-,44-42-,52-49-,53-50-. The highest BCUT2D eigenvalue weighted by molar-refractivity contribution is 5.71. The second kappa shape index (κ2) is 64.8. The summed E-state index contributed by atoms with van der Waals surface area (Å²) in [6, 6.07) is 0. The average molecular weight is 1080 g/mol. The largest absolute Gasteiger partial charge is 0.462 e. The third kappa shape index (κ3) is 62.1. The second-order valence-electron chi connectivity index (χ2n) is 20.6. The molecule has 1 unspecified atom stereocenters. The van der Waals surface area contributed by atoms with Crippen molar-refractivity contribution in [2.45, 2.75) is 277 Å². The molecule has 0 N–H and O–H groups in total. The SMILES string of the molecule is CC/C=C\C/C=C\C/C=C\C/C=C\C/C=C\C/C=C\C/C=C\C/C=C\CCCCC(=O)OCC(COC(=O)CCCC/C=C\C/C=C\C/C=C\C/C=C\CC)OC(=O)CCCCCCCCCCCCCCCCCCCC. The maximum absolute atomic E-state index is 12.9. The molecule has 440 valence electrons. The van der Waals surface area contributed by atoms with Gasteiger partial charge in [-0.25, -0.2) is 0 Å². The molecule has 0 amide bonds. The van der Waals surface area contributed by atoms with Crippen molar-refractivity contribution in [3.05, 3.63) is 146 Å². The van der Waals surface area contributed by atoms with E-state index in [1.54, 1.807) is 0 Å². The van der Waals surface area contributed by atoms with Crippen molar-refractivity contribution in [3.63, 3.8) is 0 Å². The number of allylic oxidation sites excluding steroid dienone is 24. The lowest BCUT2D eigenvalue weighted by Crippen LogP contribution is -2.30. The van der Waals surface area contributed by atoms with E-state index >= 15 is 0 Å². The summed E-state index contributed by atoms with van der Waals surface area (Å²) in [6.45, 7) is 6.35. The van der Waals surface area contributed by atoms with Crippen LogP contribution in [-0.2, 0) is 28.6 Å². The quantitative estimate of drug-likeness (QED) is 0.0261. The molecule has 0 aromatic rings. The monoisotopic (exact) mass is 1080 g/mol. The summed E-state index contributed by atoms with van der Waals surface area (Å²) in [5.74, 6) is -0.996. The number of hydrogen-bond acceptors (Lipinski definition) is 6. The molecule has 0 aliphatic heterocycles. The lowest BCUT2D eigenvalue weighted by atomic mass is 10.0. The van der Waals surface area contributed by atoms with Crippen LogP contribution in [0.5, 0.6) is 0 Å². The first-order valence-corrected chi connectivity index (χ1v) is 31.8. The maximum Gasteiger partial charge on any atom is 0.306 e. The molecule has 0 fully saturated rings. The highest BCUT2D eigenvalue weighted by atomic mass is 16.6. The zero-order valence-corrected chi connectivity index (χ0v) is 50.4. The van der Waals surface area contributed by atoms with Crippen LogP contribution in [0, 0.1) is 0 Å². The van der Waals surface area contributed by atoms with Crippen LogP contribution in [0.25, 0.3) is 0 Å². The predicted octanol–water partition coefficient (Wildman–Crippen LogP) is 21.9. The Morgan fingerprint density at radius 2 is 0.500 bits per heavy atom. The van der Waals surface area contributed by atoms with Crippen molar-refractivity contribution in [3.8, 4) is 0 Å². The van der Waals surface area contributed by atoms with E-state index in [-0.39, 0.29) is 31.1 Å². The van der Waals surface area contributed by atoms with Gasteiger partial charge in [0.1, 0.15) is 13.2 Å². The summed E-state index contributed by atoms with van der Waals surface area (Å²) in [4.78, 5) is 38.3. The first-order valence-electron chi connectivity index (χ1n) is 31.8. The smallest absolute Gasteiger partial charge is 0.306 e. The number of rotatable bonds is 56. The molecule has 1 atom stereocenters. The Morgan fingerprint density at radius 1 is 0.269 bits per heavy atom. The highest BCUT2D eigenvalue weighted by Gasteiger charge is 2.19.